The highest BCUT2D eigenvalue weighted by Crippen LogP contribution is 2.33. The first-order valence-corrected chi connectivity index (χ1v) is 13.1. The summed E-state index contributed by atoms with van der Waals surface area (Å²) in [5, 5.41) is 2.32. The fourth-order valence-corrected chi connectivity index (χ4v) is 6.59. The Morgan fingerprint density at radius 3 is 2.74 bits per heavy atom. The van der Waals surface area contributed by atoms with Crippen molar-refractivity contribution in [1.29, 1.82) is 0 Å². The highest BCUT2D eigenvalue weighted by molar-refractivity contribution is 7.19. The third-order valence-electron chi connectivity index (χ3n) is 7.21. The topological polar surface area (TPSA) is 56.8 Å². The minimum absolute atomic E-state index is 0.0548. The summed E-state index contributed by atoms with van der Waals surface area (Å²) in [6.07, 6.45) is 2.84. The van der Waals surface area contributed by atoms with Gasteiger partial charge in [-0.05, 0) is 41.1 Å². The van der Waals surface area contributed by atoms with E-state index in [2.05, 4.69) is 47.1 Å². The fourth-order valence-electron chi connectivity index (χ4n) is 5.43. The van der Waals surface area contributed by atoms with Gasteiger partial charge in [-0.15, -0.1) is 11.3 Å². The van der Waals surface area contributed by atoms with Crippen molar-refractivity contribution in [3.8, 4) is 0 Å². The Bertz CT molecular complexity index is 1430. The Labute approximate surface area is 208 Å². The highest BCUT2D eigenvalue weighted by atomic mass is 32.1. The zero-order valence-electron chi connectivity index (χ0n) is 19.8. The normalized spacial score (nSPS) is 19.1. The van der Waals surface area contributed by atoms with Gasteiger partial charge in [0, 0.05) is 53.9 Å². The number of pyridine rings is 1. The third kappa shape index (κ3) is 4.09. The number of fused-ring (bicyclic) bond motifs is 3. The monoisotopic (exact) mass is 484 g/mol. The molecule has 7 heteroatoms. The summed E-state index contributed by atoms with van der Waals surface area (Å²) in [5.41, 5.74) is 3.30. The van der Waals surface area contributed by atoms with Crippen LogP contribution < -0.4 is 0 Å². The Hall–Kier alpha value is -3.29. The zero-order valence-corrected chi connectivity index (χ0v) is 20.6. The van der Waals surface area contributed by atoms with Gasteiger partial charge in [0.05, 0.1) is 5.52 Å². The number of carbonyl (C=O) groups is 2. The minimum Gasteiger partial charge on any atom is -0.327 e. The number of amides is 2. The maximum atomic E-state index is 13.6. The van der Waals surface area contributed by atoms with Gasteiger partial charge in [-0.2, -0.15) is 0 Å². The molecule has 2 aliphatic rings. The molecule has 0 saturated carbocycles. The Balaban J connectivity index is 1.21. The second-order valence-electron chi connectivity index (χ2n) is 9.42. The van der Waals surface area contributed by atoms with E-state index in [1.807, 2.05) is 30.5 Å². The van der Waals surface area contributed by atoms with Crippen LogP contribution in [0.15, 0.2) is 60.8 Å². The molecule has 2 aromatic carbocycles. The molecule has 35 heavy (non-hydrogen) atoms. The number of benzene rings is 2. The fraction of sp³-hybridized carbons (Fsp3) is 0.321. The summed E-state index contributed by atoms with van der Waals surface area (Å²) in [6.45, 7) is 5.44. The maximum absolute atomic E-state index is 13.6. The van der Waals surface area contributed by atoms with Crippen molar-refractivity contribution < 1.29 is 9.59 Å². The molecule has 1 atom stereocenters. The van der Waals surface area contributed by atoms with E-state index < -0.39 is 6.04 Å². The zero-order chi connectivity index (χ0) is 23.9. The number of nitrogens with zero attached hydrogens (tertiary/aromatic N) is 4. The summed E-state index contributed by atoms with van der Waals surface area (Å²) in [7, 11) is 0. The van der Waals surface area contributed by atoms with Crippen molar-refractivity contribution in [2.24, 2.45) is 0 Å². The molecule has 6 rings (SSSR count). The Morgan fingerprint density at radius 2 is 1.86 bits per heavy atom. The van der Waals surface area contributed by atoms with Crippen molar-refractivity contribution in [2.75, 3.05) is 26.2 Å². The summed E-state index contributed by atoms with van der Waals surface area (Å²) in [5.74, 6) is 0.113. The summed E-state index contributed by atoms with van der Waals surface area (Å²) < 4.78 is 1.24. The lowest BCUT2D eigenvalue weighted by atomic mass is 10.0. The molecule has 4 heterocycles. The molecule has 0 N–H and O–H groups in total. The molecular formula is C28H28N4O2S. The number of hydrogen-bond donors (Lipinski definition) is 0. The number of hydrogen-bond acceptors (Lipinski definition) is 5. The predicted octanol–water partition coefficient (Wildman–Crippen LogP) is 4.07. The van der Waals surface area contributed by atoms with E-state index in [0.717, 1.165) is 36.0 Å². The number of aryl methyl sites for hydroxylation is 1. The van der Waals surface area contributed by atoms with Gasteiger partial charge in [0.25, 0.3) is 0 Å². The van der Waals surface area contributed by atoms with E-state index in [9.17, 15) is 9.59 Å². The molecule has 2 aromatic heterocycles. The SMILES string of the molecule is CCc1sc2ccccc2c1CN1CC(=O)N2CCN(Cc3cnc4ccccc4c3)CC2C1=O. The van der Waals surface area contributed by atoms with Crippen LogP contribution in [0.25, 0.3) is 21.0 Å². The van der Waals surface area contributed by atoms with Crippen LogP contribution in [0.2, 0.25) is 0 Å². The summed E-state index contributed by atoms with van der Waals surface area (Å²) in [6, 6.07) is 18.2. The lowest BCUT2D eigenvalue weighted by molar-refractivity contribution is -0.160. The van der Waals surface area contributed by atoms with Crippen LogP contribution in [0.3, 0.4) is 0 Å². The molecule has 178 valence electrons. The minimum atomic E-state index is -0.423. The van der Waals surface area contributed by atoms with Crippen molar-refractivity contribution in [2.45, 2.75) is 32.5 Å². The van der Waals surface area contributed by atoms with Gasteiger partial charge in [0.1, 0.15) is 12.6 Å². The van der Waals surface area contributed by atoms with Crippen LogP contribution in [0, 0.1) is 0 Å². The molecule has 2 amide bonds. The van der Waals surface area contributed by atoms with Gasteiger partial charge < -0.3 is 9.80 Å². The van der Waals surface area contributed by atoms with Crippen LogP contribution >= 0.6 is 11.3 Å². The van der Waals surface area contributed by atoms with Crippen molar-refractivity contribution in [1.82, 2.24) is 19.7 Å². The van der Waals surface area contributed by atoms with Crippen LogP contribution in [-0.2, 0) is 29.1 Å². The first-order valence-electron chi connectivity index (χ1n) is 12.2. The quantitative estimate of drug-likeness (QED) is 0.429. The number of rotatable bonds is 5. The number of carbonyl (C=O) groups excluding carboxylic acids is 2. The second-order valence-corrected chi connectivity index (χ2v) is 10.6. The van der Waals surface area contributed by atoms with Crippen molar-refractivity contribution >= 4 is 44.1 Å². The Kier molecular flexibility index (Phi) is 5.74. The highest BCUT2D eigenvalue weighted by Gasteiger charge is 2.42. The summed E-state index contributed by atoms with van der Waals surface area (Å²) in [4.78, 5) is 38.4. The number of para-hydroxylation sites is 1. The molecule has 2 aliphatic heterocycles. The lowest BCUT2D eigenvalue weighted by Gasteiger charge is -2.46. The standard InChI is InChI=1S/C28H28N4O2S/c1-2-25-22(21-8-4-6-10-26(21)35-25)16-31-18-27(33)32-12-11-30(17-24(32)28(31)34)15-19-13-20-7-3-5-9-23(20)29-14-19/h3-10,13-14,24H,2,11-12,15-18H2,1H3. The number of aromatic nitrogens is 1. The van der Waals surface area contributed by atoms with E-state index in [1.54, 1.807) is 21.1 Å². The maximum Gasteiger partial charge on any atom is 0.247 e. The van der Waals surface area contributed by atoms with Gasteiger partial charge in [-0.25, -0.2) is 0 Å². The molecule has 4 aromatic rings. The molecule has 6 nitrogen and oxygen atoms in total. The second kappa shape index (κ2) is 9.06. The first-order chi connectivity index (χ1) is 17.1. The molecule has 0 spiro atoms. The van der Waals surface area contributed by atoms with Crippen molar-refractivity contribution in [3.63, 3.8) is 0 Å². The van der Waals surface area contributed by atoms with E-state index in [-0.39, 0.29) is 18.4 Å². The molecule has 0 radical (unpaired) electrons. The third-order valence-corrected chi connectivity index (χ3v) is 8.57. The van der Waals surface area contributed by atoms with Gasteiger partial charge in [-0.3, -0.25) is 19.5 Å². The Morgan fingerprint density at radius 1 is 1.03 bits per heavy atom. The van der Waals surface area contributed by atoms with Gasteiger partial charge >= 0.3 is 0 Å². The molecule has 0 aliphatic carbocycles. The van der Waals surface area contributed by atoms with Crippen molar-refractivity contribution in [3.05, 3.63) is 76.8 Å². The van der Waals surface area contributed by atoms with E-state index in [0.29, 0.717) is 19.6 Å². The van der Waals surface area contributed by atoms with Gasteiger partial charge in [0.15, 0.2) is 0 Å². The molecule has 1 unspecified atom stereocenters. The largest absolute Gasteiger partial charge is 0.327 e. The van der Waals surface area contributed by atoms with E-state index in [1.165, 1.54) is 20.5 Å². The smallest absolute Gasteiger partial charge is 0.247 e. The van der Waals surface area contributed by atoms with E-state index in [4.69, 9.17) is 0 Å². The summed E-state index contributed by atoms with van der Waals surface area (Å²) >= 11 is 1.79. The van der Waals surface area contributed by atoms with Crippen LogP contribution in [0.1, 0.15) is 22.9 Å². The van der Waals surface area contributed by atoms with Crippen LogP contribution in [0.5, 0.6) is 0 Å². The molecular weight excluding hydrogens is 456 g/mol. The van der Waals surface area contributed by atoms with Crippen LogP contribution in [0.4, 0.5) is 0 Å². The van der Waals surface area contributed by atoms with E-state index >= 15 is 0 Å². The van der Waals surface area contributed by atoms with Gasteiger partial charge in [0.2, 0.25) is 11.8 Å². The molecule has 0 bridgehead atoms. The first kappa shape index (κ1) is 22.2. The van der Waals surface area contributed by atoms with Crippen LogP contribution in [-0.4, -0.2) is 63.7 Å². The average molecular weight is 485 g/mol. The predicted molar refractivity (Wildman–Crippen MR) is 139 cm³/mol. The lowest BCUT2D eigenvalue weighted by Crippen LogP contribution is -2.66. The molecule has 2 saturated heterocycles. The average Bonchev–Trinajstić information content (AvgIpc) is 3.24. The molecule has 2 fully saturated rings. The number of piperazine rings is 2. The van der Waals surface area contributed by atoms with Gasteiger partial charge in [-0.1, -0.05) is 43.3 Å². The number of thiophene rings is 1.